The fraction of sp³-hybridized carbons (Fsp3) is 0.600. The first-order valence-corrected chi connectivity index (χ1v) is 7.01. The van der Waals surface area contributed by atoms with Crippen molar-refractivity contribution in [2.75, 3.05) is 20.2 Å². The molecule has 0 bridgehead atoms. The van der Waals surface area contributed by atoms with Crippen molar-refractivity contribution in [3.05, 3.63) is 23.5 Å². The van der Waals surface area contributed by atoms with Crippen LogP contribution in [0.1, 0.15) is 31.2 Å². The fourth-order valence-electron chi connectivity index (χ4n) is 2.60. The summed E-state index contributed by atoms with van der Waals surface area (Å²) in [6.45, 7) is 6.80. The molecule has 5 heteroatoms. The summed E-state index contributed by atoms with van der Waals surface area (Å²) in [5.74, 6) is 1.17. The number of aryl methyl sites for hydroxylation is 1. The number of piperidine rings is 1. The topological polar surface area (TPSA) is 75.2 Å². The molecule has 2 rings (SSSR count). The molecule has 0 atom stereocenters. The average molecular weight is 276 g/mol. The molecule has 0 aliphatic carbocycles. The Balaban J connectivity index is 1.99. The first-order chi connectivity index (χ1) is 9.43. The Bertz CT molecular complexity index is 493. The number of hydrogen-bond donors (Lipinski definition) is 2. The molecule has 1 aromatic rings. The predicted molar refractivity (Wildman–Crippen MR) is 80.1 cm³/mol. The van der Waals surface area contributed by atoms with E-state index < -0.39 is 0 Å². The first-order valence-electron chi connectivity index (χ1n) is 7.01. The second kappa shape index (κ2) is 5.79. The third-order valence-corrected chi connectivity index (χ3v) is 4.21. The standard InChI is InChI=1S/C15H24N4O/c1-11-8-13(20-3)9-12(18-11)10-19-6-4-15(2,5-7-19)14(16)17/h8-9H,4-7,10H2,1-3H3,(H3,16,17). The lowest BCUT2D eigenvalue weighted by molar-refractivity contribution is 0.154. The van der Waals surface area contributed by atoms with Gasteiger partial charge in [0.2, 0.25) is 0 Å². The number of amidine groups is 1. The van der Waals surface area contributed by atoms with Gasteiger partial charge in [0, 0.05) is 29.8 Å². The molecule has 3 N–H and O–H groups in total. The van der Waals surface area contributed by atoms with E-state index in [4.69, 9.17) is 15.9 Å². The first kappa shape index (κ1) is 14.8. The van der Waals surface area contributed by atoms with E-state index in [1.807, 2.05) is 19.1 Å². The van der Waals surface area contributed by atoms with E-state index in [0.717, 1.165) is 49.6 Å². The lowest BCUT2D eigenvalue weighted by Crippen LogP contribution is -2.44. The Kier molecular flexibility index (Phi) is 4.28. The van der Waals surface area contributed by atoms with Gasteiger partial charge in [0.05, 0.1) is 18.6 Å². The molecule has 0 unspecified atom stereocenters. The normalized spacial score (nSPS) is 18.8. The highest BCUT2D eigenvalue weighted by Gasteiger charge is 2.32. The zero-order valence-electron chi connectivity index (χ0n) is 12.6. The number of pyridine rings is 1. The van der Waals surface area contributed by atoms with Crippen LogP contribution in [0.25, 0.3) is 0 Å². The van der Waals surface area contributed by atoms with Gasteiger partial charge in [-0.15, -0.1) is 0 Å². The summed E-state index contributed by atoms with van der Waals surface area (Å²) in [5, 5.41) is 7.68. The monoisotopic (exact) mass is 276 g/mol. The van der Waals surface area contributed by atoms with Crippen LogP contribution < -0.4 is 10.5 Å². The van der Waals surface area contributed by atoms with E-state index in [1.165, 1.54) is 0 Å². The van der Waals surface area contributed by atoms with Crippen LogP contribution in [0.4, 0.5) is 0 Å². The highest BCUT2D eigenvalue weighted by Crippen LogP contribution is 2.31. The lowest BCUT2D eigenvalue weighted by Gasteiger charge is -2.38. The average Bonchev–Trinajstić information content (AvgIpc) is 2.40. The molecule has 1 aromatic heterocycles. The maximum atomic E-state index is 7.68. The van der Waals surface area contributed by atoms with Crippen molar-refractivity contribution in [1.29, 1.82) is 5.41 Å². The minimum absolute atomic E-state index is 0.131. The van der Waals surface area contributed by atoms with Gasteiger partial charge in [-0.05, 0) is 32.9 Å². The molecule has 1 aliphatic heterocycles. The van der Waals surface area contributed by atoms with Gasteiger partial charge < -0.3 is 10.5 Å². The van der Waals surface area contributed by atoms with Crippen molar-refractivity contribution in [3.63, 3.8) is 0 Å². The summed E-state index contributed by atoms with van der Waals surface area (Å²) in [6.07, 6.45) is 1.87. The molecular weight excluding hydrogens is 252 g/mol. The summed E-state index contributed by atoms with van der Waals surface area (Å²) >= 11 is 0. The lowest BCUT2D eigenvalue weighted by atomic mass is 9.79. The van der Waals surface area contributed by atoms with Crippen LogP contribution in [-0.4, -0.2) is 35.9 Å². The third kappa shape index (κ3) is 3.28. The van der Waals surface area contributed by atoms with Crippen LogP contribution in [0, 0.1) is 17.7 Å². The van der Waals surface area contributed by atoms with Gasteiger partial charge in [0.25, 0.3) is 0 Å². The number of hydrogen-bond acceptors (Lipinski definition) is 4. The van der Waals surface area contributed by atoms with Crippen molar-refractivity contribution in [1.82, 2.24) is 9.88 Å². The third-order valence-electron chi connectivity index (χ3n) is 4.21. The van der Waals surface area contributed by atoms with E-state index >= 15 is 0 Å². The summed E-state index contributed by atoms with van der Waals surface area (Å²) in [6, 6.07) is 3.93. The minimum atomic E-state index is -0.131. The summed E-state index contributed by atoms with van der Waals surface area (Å²) in [5.41, 5.74) is 7.57. The number of rotatable bonds is 4. The van der Waals surface area contributed by atoms with Crippen molar-refractivity contribution in [2.45, 2.75) is 33.2 Å². The zero-order chi connectivity index (χ0) is 14.8. The van der Waals surface area contributed by atoms with Gasteiger partial charge >= 0.3 is 0 Å². The van der Waals surface area contributed by atoms with Gasteiger partial charge in [0.1, 0.15) is 5.75 Å². The van der Waals surface area contributed by atoms with Gasteiger partial charge in [-0.1, -0.05) is 6.92 Å². The Labute approximate surface area is 120 Å². The van der Waals surface area contributed by atoms with Crippen LogP contribution in [0.5, 0.6) is 5.75 Å². The molecule has 0 amide bonds. The maximum Gasteiger partial charge on any atom is 0.122 e. The zero-order valence-corrected chi connectivity index (χ0v) is 12.6. The van der Waals surface area contributed by atoms with E-state index in [0.29, 0.717) is 5.84 Å². The summed E-state index contributed by atoms with van der Waals surface area (Å²) in [7, 11) is 1.68. The van der Waals surface area contributed by atoms with Crippen LogP contribution >= 0.6 is 0 Å². The number of ether oxygens (including phenoxy) is 1. The Morgan fingerprint density at radius 3 is 2.65 bits per heavy atom. The van der Waals surface area contributed by atoms with Crippen molar-refractivity contribution in [2.24, 2.45) is 11.1 Å². The molecule has 1 saturated heterocycles. The largest absolute Gasteiger partial charge is 0.497 e. The molecule has 0 radical (unpaired) electrons. The molecular formula is C15H24N4O. The van der Waals surface area contributed by atoms with Crippen LogP contribution in [0.3, 0.4) is 0 Å². The smallest absolute Gasteiger partial charge is 0.122 e. The Morgan fingerprint density at radius 2 is 2.10 bits per heavy atom. The SMILES string of the molecule is COc1cc(C)nc(CN2CCC(C)(C(=N)N)CC2)c1. The fourth-order valence-corrected chi connectivity index (χ4v) is 2.60. The molecule has 20 heavy (non-hydrogen) atoms. The van der Waals surface area contributed by atoms with Crippen molar-refractivity contribution >= 4 is 5.84 Å². The Morgan fingerprint density at radius 1 is 1.45 bits per heavy atom. The Hall–Kier alpha value is -1.62. The van der Waals surface area contributed by atoms with Crippen LogP contribution in [-0.2, 0) is 6.54 Å². The summed E-state index contributed by atoms with van der Waals surface area (Å²) < 4.78 is 5.29. The van der Waals surface area contributed by atoms with Gasteiger partial charge in [-0.3, -0.25) is 15.3 Å². The highest BCUT2D eigenvalue weighted by atomic mass is 16.5. The van der Waals surface area contributed by atoms with Crippen LogP contribution in [0.2, 0.25) is 0 Å². The second-order valence-corrected chi connectivity index (χ2v) is 5.89. The molecule has 1 aliphatic rings. The molecule has 110 valence electrons. The van der Waals surface area contributed by atoms with Crippen molar-refractivity contribution < 1.29 is 4.74 Å². The van der Waals surface area contributed by atoms with Gasteiger partial charge in [-0.2, -0.15) is 0 Å². The number of nitrogens with one attached hydrogen (secondary N) is 1. The maximum absolute atomic E-state index is 7.68. The quantitative estimate of drug-likeness (QED) is 0.651. The van der Waals surface area contributed by atoms with Gasteiger partial charge in [-0.25, -0.2) is 0 Å². The van der Waals surface area contributed by atoms with E-state index in [1.54, 1.807) is 7.11 Å². The number of nitrogens with two attached hydrogens (primary N) is 1. The molecule has 0 saturated carbocycles. The molecule has 5 nitrogen and oxygen atoms in total. The van der Waals surface area contributed by atoms with E-state index in [2.05, 4.69) is 16.8 Å². The molecule has 1 fully saturated rings. The number of nitrogens with zero attached hydrogens (tertiary/aromatic N) is 2. The second-order valence-electron chi connectivity index (χ2n) is 5.89. The van der Waals surface area contributed by atoms with E-state index in [-0.39, 0.29) is 5.41 Å². The van der Waals surface area contributed by atoms with Gasteiger partial charge in [0.15, 0.2) is 0 Å². The number of aromatic nitrogens is 1. The number of likely N-dealkylation sites (tertiary alicyclic amines) is 1. The predicted octanol–water partition coefficient (Wildman–Crippen LogP) is 1.94. The minimum Gasteiger partial charge on any atom is -0.497 e. The van der Waals surface area contributed by atoms with E-state index in [9.17, 15) is 0 Å². The molecule has 2 heterocycles. The number of methoxy groups -OCH3 is 1. The van der Waals surface area contributed by atoms with Crippen molar-refractivity contribution in [3.8, 4) is 5.75 Å². The molecule has 0 spiro atoms. The summed E-state index contributed by atoms with van der Waals surface area (Å²) in [4.78, 5) is 6.93. The highest BCUT2D eigenvalue weighted by molar-refractivity contribution is 5.83. The molecule has 0 aromatic carbocycles. The van der Waals surface area contributed by atoms with Crippen LogP contribution in [0.15, 0.2) is 12.1 Å².